The molecule has 0 radical (unpaired) electrons. The minimum atomic E-state index is -3.88. The van der Waals surface area contributed by atoms with Crippen LogP contribution in [-0.4, -0.2) is 25.5 Å². The van der Waals surface area contributed by atoms with Crippen LogP contribution >= 0.6 is 0 Å². The van der Waals surface area contributed by atoms with Crippen LogP contribution in [0.1, 0.15) is 15.9 Å². The van der Waals surface area contributed by atoms with Gasteiger partial charge in [-0.2, -0.15) is 13.5 Å². The first kappa shape index (κ1) is 18.3. The molecule has 3 aromatic rings. The Kier molecular flexibility index (Phi) is 5.58. The molecule has 0 bridgehead atoms. The van der Waals surface area contributed by atoms with Crippen molar-refractivity contribution in [2.24, 2.45) is 5.10 Å². The van der Waals surface area contributed by atoms with Gasteiger partial charge in [0.1, 0.15) is 10.6 Å². The van der Waals surface area contributed by atoms with Gasteiger partial charge in [-0.3, -0.25) is 9.78 Å². The van der Waals surface area contributed by atoms with Crippen LogP contribution in [0.5, 0.6) is 5.75 Å². The Morgan fingerprint density at radius 3 is 2.41 bits per heavy atom. The van der Waals surface area contributed by atoms with E-state index in [9.17, 15) is 13.2 Å². The molecule has 0 unspecified atom stereocenters. The summed E-state index contributed by atoms with van der Waals surface area (Å²) in [5, 5.41) is 3.86. The van der Waals surface area contributed by atoms with Crippen LogP contribution in [0.3, 0.4) is 0 Å². The van der Waals surface area contributed by atoms with E-state index in [1.54, 1.807) is 48.7 Å². The van der Waals surface area contributed by atoms with Crippen molar-refractivity contribution in [2.45, 2.75) is 4.90 Å². The lowest BCUT2D eigenvalue weighted by atomic mass is 10.2. The molecule has 27 heavy (non-hydrogen) atoms. The van der Waals surface area contributed by atoms with E-state index in [4.69, 9.17) is 4.18 Å². The molecule has 0 aliphatic heterocycles. The molecule has 0 saturated heterocycles. The lowest BCUT2D eigenvalue weighted by Gasteiger charge is -2.06. The molecule has 136 valence electrons. The number of pyridine rings is 1. The van der Waals surface area contributed by atoms with Crippen molar-refractivity contribution in [1.29, 1.82) is 0 Å². The first-order chi connectivity index (χ1) is 13.0. The second-order valence-corrected chi connectivity index (χ2v) is 6.91. The fourth-order valence-electron chi connectivity index (χ4n) is 2.10. The molecular formula is C19H15N3O4S. The highest BCUT2D eigenvalue weighted by atomic mass is 32.2. The van der Waals surface area contributed by atoms with Crippen molar-refractivity contribution >= 4 is 22.2 Å². The monoisotopic (exact) mass is 381 g/mol. The Balaban J connectivity index is 1.61. The van der Waals surface area contributed by atoms with Gasteiger partial charge >= 0.3 is 10.1 Å². The topological polar surface area (TPSA) is 97.7 Å². The number of amides is 1. The lowest BCUT2D eigenvalue weighted by Crippen LogP contribution is -2.17. The minimum absolute atomic E-state index is 0.0775. The van der Waals surface area contributed by atoms with E-state index in [-0.39, 0.29) is 16.6 Å². The van der Waals surface area contributed by atoms with Crippen molar-refractivity contribution in [3.05, 3.63) is 90.3 Å². The maximum Gasteiger partial charge on any atom is 0.339 e. The largest absolute Gasteiger partial charge is 0.379 e. The molecule has 1 heterocycles. The highest BCUT2D eigenvalue weighted by Crippen LogP contribution is 2.18. The van der Waals surface area contributed by atoms with E-state index in [1.165, 1.54) is 36.7 Å². The summed E-state index contributed by atoms with van der Waals surface area (Å²) < 4.78 is 29.4. The summed E-state index contributed by atoms with van der Waals surface area (Å²) in [4.78, 5) is 15.8. The average Bonchev–Trinajstić information content (AvgIpc) is 2.70. The molecule has 7 nitrogen and oxygen atoms in total. The molecule has 2 aromatic carbocycles. The molecule has 0 fully saturated rings. The second-order valence-electron chi connectivity index (χ2n) is 5.36. The van der Waals surface area contributed by atoms with Crippen molar-refractivity contribution < 1.29 is 17.4 Å². The van der Waals surface area contributed by atoms with Gasteiger partial charge in [-0.05, 0) is 54.1 Å². The van der Waals surface area contributed by atoms with Crippen LogP contribution in [-0.2, 0) is 10.1 Å². The number of nitrogens with zero attached hydrogens (tertiary/aromatic N) is 2. The molecule has 0 saturated carbocycles. The number of hydrogen-bond donors (Lipinski definition) is 1. The van der Waals surface area contributed by atoms with Crippen molar-refractivity contribution in [3.8, 4) is 5.75 Å². The van der Waals surface area contributed by atoms with E-state index in [1.807, 2.05) is 0 Å². The number of carbonyl (C=O) groups excluding carboxylic acids is 1. The Bertz CT molecular complexity index is 1040. The molecule has 0 aliphatic carbocycles. The molecule has 8 heteroatoms. The maximum atomic E-state index is 12.2. The molecule has 0 spiro atoms. The number of hydrazone groups is 1. The van der Waals surface area contributed by atoms with E-state index in [2.05, 4.69) is 15.5 Å². The van der Waals surface area contributed by atoms with Crippen molar-refractivity contribution in [1.82, 2.24) is 10.4 Å². The Morgan fingerprint density at radius 1 is 1.00 bits per heavy atom. The van der Waals surface area contributed by atoms with Crippen LogP contribution in [0.15, 0.2) is 89.1 Å². The number of aromatic nitrogens is 1. The van der Waals surface area contributed by atoms with Gasteiger partial charge in [-0.25, -0.2) is 5.43 Å². The number of rotatable bonds is 6. The molecule has 0 atom stereocenters. The minimum Gasteiger partial charge on any atom is -0.379 e. The van der Waals surface area contributed by atoms with E-state index < -0.39 is 10.1 Å². The zero-order chi connectivity index (χ0) is 19.1. The van der Waals surface area contributed by atoms with E-state index in [0.717, 1.165) is 0 Å². The summed E-state index contributed by atoms with van der Waals surface area (Å²) in [5.74, 6) is -0.205. The molecule has 1 aromatic heterocycles. The highest BCUT2D eigenvalue weighted by Gasteiger charge is 2.15. The standard InChI is InChI=1S/C19H15N3O4S/c23-19(16-5-4-12-20-14-16)22-21-13-15-8-10-17(11-9-15)26-27(24,25)18-6-2-1-3-7-18/h1-14H,(H,22,23). The first-order valence-corrected chi connectivity index (χ1v) is 9.28. The molecule has 1 amide bonds. The van der Waals surface area contributed by atoms with E-state index >= 15 is 0 Å². The Hall–Kier alpha value is -3.52. The van der Waals surface area contributed by atoms with Crippen LogP contribution in [0, 0.1) is 0 Å². The highest BCUT2D eigenvalue weighted by molar-refractivity contribution is 7.87. The zero-order valence-electron chi connectivity index (χ0n) is 14.0. The number of hydrogen-bond acceptors (Lipinski definition) is 6. The van der Waals surface area contributed by atoms with Gasteiger partial charge in [0.2, 0.25) is 0 Å². The van der Waals surface area contributed by atoms with Gasteiger partial charge in [-0.15, -0.1) is 0 Å². The number of carbonyl (C=O) groups is 1. The summed E-state index contributed by atoms with van der Waals surface area (Å²) in [7, 11) is -3.88. The van der Waals surface area contributed by atoms with Crippen LogP contribution < -0.4 is 9.61 Å². The second kappa shape index (κ2) is 8.24. The third-order valence-electron chi connectivity index (χ3n) is 3.42. The number of nitrogens with one attached hydrogen (secondary N) is 1. The quantitative estimate of drug-likeness (QED) is 0.402. The molecular weight excluding hydrogens is 366 g/mol. The maximum absolute atomic E-state index is 12.2. The van der Waals surface area contributed by atoms with Gasteiger partial charge in [0, 0.05) is 12.4 Å². The molecule has 1 N–H and O–H groups in total. The summed E-state index contributed by atoms with van der Waals surface area (Å²) in [6.45, 7) is 0. The third kappa shape index (κ3) is 4.99. The van der Waals surface area contributed by atoms with E-state index in [0.29, 0.717) is 11.1 Å². The lowest BCUT2D eigenvalue weighted by molar-refractivity contribution is 0.0954. The van der Waals surface area contributed by atoms with Gasteiger partial charge in [0.05, 0.1) is 11.8 Å². The predicted molar refractivity (Wildman–Crippen MR) is 100.0 cm³/mol. The third-order valence-corrected chi connectivity index (χ3v) is 4.68. The summed E-state index contributed by atoms with van der Waals surface area (Å²) >= 11 is 0. The summed E-state index contributed by atoms with van der Waals surface area (Å²) in [6, 6.07) is 17.4. The van der Waals surface area contributed by atoms with Gasteiger partial charge in [-0.1, -0.05) is 18.2 Å². The van der Waals surface area contributed by atoms with Crippen LogP contribution in [0.4, 0.5) is 0 Å². The van der Waals surface area contributed by atoms with Crippen LogP contribution in [0.2, 0.25) is 0 Å². The smallest absolute Gasteiger partial charge is 0.339 e. The first-order valence-electron chi connectivity index (χ1n) is 7.88. The van der Waals surface area contributed by atoms with Crippen LogP contribution in [0.25, 0.3) is 0 Å². The molecule has 0 aliphatic rings. The normalized spacial score (nSPS) is 11.3. The molecule has 3 rings (SSSR count). The Morgan fingerprint density at radius 2 is 1.74 bits per heavy atom. The van der Waals surface area contributed by atoms with Gasteiger partial charge < -0.3 is 4.18 Å². The number of benzene rings is 2. The zero-order valence-corrected chi connectivity index (χ0v) is 14.8. The SMILES string of the molecule is O=C(NN=Cc1ccc(OS(=O)(=O)c2ccccc2)cc1)c1cccnc1. The average molecular weight is 381 g/mol. The predicted octanol–water partition coefficient (Wildman–Crippen LogP) is 2.61. The summed E-state index contributed by atoms with van der Waals surface area (Å²) in [5.41, 5.74) is 3.44. The van der Waals surface area contributed by atoms with Crippen molar-refractivity contribution in [2.75, 3.05) is 0 Å². The van der Waals surface area contributed by atoms with Gasteiger partial charge in [0.25, 0.3) is 5.91 Å². The van der Waals surface area contributed by atoms with Gasteiger partial charge in [0.15, 0.2) is 0 Å². The fraction of sp³-hybridized carbons (Fsp3) is 0. The van der Waals surface area contributed by atoms with Crippen molar-refractivity contribution in [3.63, 3.8) is 0 Å². The fourth-order valence-corrected chi connectivity index (χ4v) is 3.05. The Labute approximate surface area is 156 Å². The summed E-state index contributed by atoms with van der Waals surface area (Å²) in [6.07, 6.45) is 4.44.